The highest BCUT2D eigenvalue weighted by molar-refractivity contribution is 9.12. The lowest BCUT2D eigenvalue weighted by Crippen LogP contribution is -2.48. The Bertz CT molecular complexity index is 487. The first-order valence-corrected chi connectivity index (χ1v) is 7.92. The number of hydrogen-bond donors (Lipinski definition) is 0. The van der Waals surface area contributed by atoms with Crippen LogP contribution in [0.15, 0.2) is 13.6 Å². The summed E-state index contributed by atoms with van der Waals surface area (Å²) in [6.07, 6.45) is 5.29. The normalized spacial score (nSPS) is 16.6. The van der Waals surface area contributed by atoms with Crippen LogP contribution in [0, 0.1) is 12.3 Å². The lowest BCUT2D eigenvalue weighted by Gasteiger charge is -2.33. The molecule has 0 unspecified atom stereocenters. The smallest absolute Gasteiger partial charge is 0.255 e. The van der Waals surface area contributed by atoms with Crippen molar-refractivity contribution >= 4 is 49.1 Å². The molecule has 0 radical (unpaired) electrons. The number of halogens is 2. The van der Waals surface area contributed by atoms with Crippen LogP contribution in [0.3, 0.4) is 0 Å². The first-order valence-electron chi connectivity index (χ1n) is 5.51. The van der Waals surface area contributed by atoms with Crippen LogP contribution in [0.2, 0.25) is 0 Å². The number of amides is 1. The number of thiophene rings is 1. The monoisotopic (exact) mass is 390 g/mol. The summed E-state index contributed by atoms with van der Waals surface area (Å²) in [4.78, 5) is 16.4. The molecule has 0 saturated carbocycles. The van der Waals surface area contributed by atoms with Crippen LogP contribution in [0.5, 0.6) is 0 Å². The van der Waals surface area contributed by atoms with Gasteiger partial charge < -0.3 is 4.90 Å². The maximum absolute atomic E-state index is 12.3. The molecule has 96 valence electrons. The van der Waals surface area contributed by atoms with Gasteiger partial charge in [0.05, 0.1) is 19.7 Å². The SMILES string of the molecule is C#CCN1CCN(C(=O)c2cc(Br)sc2Br)CC1. The van der Waals surface area contributed by atoms with Crippen molar-refractivity contribution < 1.29 is 4.79 Å². The van der Waals surface area contributed by atoms with E-state index in [1.165, 1.54) is 11.3 Å². The molecular formula is C12H12Br2N2OS. The topological polar surface area (TPSA) is 23.6 Å². The van der Waals surface area contributed by atoms with Crippen molar-refractivity contribution in [2.75, 3.05) is 32.7 Å². The van der Waals surface area contributed by atoms with Gasteiger partial charge in [0.15, 0.2) is 0 Å². The molecule has 0 spiro atoms. The van der Waals surface area contributed by atoms with Crippen molar-refractivity contribution in [1.29, 1.82) is 0 Å². The lowest BCUT2D eigenvalue weighted by molar-refractivity contribution is 0.0652. The molecule has 0 bridgehead atoms. The van der Waals surface area contributed by atoms with Crippen LogP contribution in [0.25, 0.3) is 0 Å². The third kappa shape index (κ3) is 3.15. The number of carbonyl (C=O) groups is 1. The van der Waals surface area contributed by atoms with Gasteiger partial charge in [0.2, 0.25) is 0 Å². The van der Waals surface area contributed by atoms with Gasteiger partial charge in [0.1, 0.15) is 0 Å². The van der Waals surface area contributed by atoms with Crippen molar-refractivity contribution in [3.63, 3.8) is 0 Å². The molecular weight excluding hydrogens is 380 g/mol. The second-order valence-corrected chi connectivity index (χ2v) is 7.76. The van der Waals surface area contributed by atoms with Gasteiger partial charge >= 0.3 is 0 Å². The van der Waals surface area contributed by atoms with Crippen LogP contribution in [0.1, 0.15) is 10.4 Å². The van der Waals surface area contributed by atoms with Crippen LogP contribution < -0.4 is 0 Å². The van der Waals surface area contributed by atoms with Crippen LogP contribution >= 0.6 is 43.2 Å². The van der Waals surface area contributed by atoms with E-state index in [0.29, 0.717) is 6.54 Å². The third-order valence-electron chi connectivity index (χ3n) is 2.86. The first kappa shape index (κ1) is 14.1. The Labute approximate surface area is 127 Å². The van der Waals surface area contributed by atoms with Gasteiger partial charge in [-0.05, 0) is 37.9 Å². The zero-order valence-electron chi connectivity index (χ0n) is 9.66. The molecule has 1 aliphatic heterocycles. The molecule has 1 fully saturated rings. The van der Waals surface area contributed by atoms with E-state index in [2.05, 4.69) is 42.7 Å². The zero-order valence-corrected chi connectivity index (χ0v) is 13.6. The summed E-state index contributed by atoms with van der Waals surface area (Å²) < 4.78 is 1.84. The van der Waals surface area contributed by atoms with E-state index in [4.69, 9.17) is 6.42 Å². The molecule has 2 heterocycles. The van der Waals surface area contributed by atoms with E-state index < -0.39 is 0 Å². The lowest BCUT2D eigenvalue weighted by atomic mass is 10.2. The predicted molar refractivity (Wildman–Crippen MR) is 80.9 cm³/mol. The number of nitrogens with zero attached hydrogens (tertiary/aromatic N) is 2. The van der Waals surface area contributed by atoms with Gasteiger partial charge in [-0.1, -0.05) is 5.92 Å². The minimum absolute atomic E-state index is 0.0872. The van der Waals surface area contributed by atoms with Crippen molar-refractivity contribution in [3.8, 4) is 12.3 Å². The van der Waals surface area contributed by atoms with E-state index >= 15 is 0 Å². The Kier molecular flexibility index (Phi) is 4.84. The Morgan fingerprint density at radius 2 is 2.06 bits per heavy atom. The van der Waals surface area contributed by atoms with Crippen LogP contribution in [-0.4, -0.2) is 48.4 Å². The Morgan fingerprint density at radius 1 is 1.39 bits per heavy atom. The molecule has 0 atom stereocenters. The van der Waals surface area contributed by atoms with E-state index in [-0.39, 0.29) is 5.91 Å². The minimum atomic E-state index is 0.0872. The molecule has 1 aromatic rings. The second kappa shape index (κ2) is 6.20. The molecule has 2 rings (SSSR count). The fraction of sp³-hybridized carbons (Fsp3) is 0.417. The molecule has 3 nitrogen and oxygen atoms in total. The van der Waals surface area contributed by atoms with Gasteiger partial charge in [-0.3, -0.25) is 9.69 Å². The quantitative estimate of drug-likeness (QED) is 0.723. The number of rotatable bonds is 2. The standard InChI is InChI=1S/C12H12Br2N2OS/c1-2-3-15-4-6-16(7-5-15)12(17)9-8-10(13)18-11(9)14/h1,8H,3-7H2. The Hall–Kier alpha value is -0.350. The van der Waals surface area contributed by atoms with E-state index in [0.717, 1.165) is 39.3 Å². The van der Waals surface area contributed by atoms with E-state index in [1.54, 1.807) is 0 Å². The summed E-state index contributed by atoms with van der Waals surface area (Å²) in [7, 11) is 0. The fourth-order valence-corrected chi connectivity index (χ4v) is 4.67. The van der Waals surface area contributed by atoms with Crippen molar-refractivity contribution in [3.05, 3.63) is 19.2 Å². The minimum Gasteiger partial charge on any atom is -0.336 e. The van der Waals surface area contributed by atoms with Gasteiger partial charge in [0, 0.05) is 26.2 Å². The maximum Gasteiger partial charge on any atom is 0.255 e. The fourth-order valence-electron chi connectivity index (χ4n) is 1.89. The van der Waals surface area contributed by atoms with Crippen LogP contribution in [0.4, 0.5) is 0 Å². The van der Waals surface area contributed by atoms with E-state index in [9.17, 15) is 4.79 Å². The molecule has 0 aliphatic carbocycles. The second-order valence-electron chi connectivity index (χ2n) is 4.01. The molecule has 0 aromatic carbocycles. The summed E-state index contributed by atoms with van der Waals surface area (Å²) in [5, 5.41) is 0. The number of carbonyl (C=O) groups excluding carboxylic acids is 1. The van der Waals surface area contributed by atoms with Gasteiger partial charge in [-0.25, -0.2) is 0 Å². The van der Waals surface area contributed by atoms with Gasteiger partial charge in [-0.2, -0.15) is 0 Å². The van der Waals surface area contributed by atoms with Crippen molar-refractivity contribution in [2.45, 2.75) is 0 Å². The average molecular weight is 392 g/mol. The third-order valence-corrected chi connectivity index (χ3v) is 5.20. The molecule has 0 N–H and O–H groups in total. The summed E-state index contributed by atoms with van der Waals surface area (Å²) >= 11 is 8.34. The zero-order chi connectivity index (χ0) is 13.1. The summed E-state index contributed by atoms with van der Waals surface area (Å²) in [6.45, 7) is 3.83. The van der Waals surface area contributed by atoms with Gasteiger partial charge in [-0.15, -0.1) is 17.8 Å². The Balaban J connectivity index is 2.00. The largest absolute Gasteiger partial charge is 0.336 e. The number of terminal acetylenes is 1. The average Bonchev–Trinajstić information content (AvgIpc) is 2.69. The highest BCUT2D eigenvalue weighted by Gasteiger charge is 2.24. The first-order chi connectivity index (χ1) is 8.61. The molecule has 18 heavy (non-hydrogen) atoms. The summed E-state index contributed by atoms with van der Waals surface area (Å²) in [6, 6.07) is 1.87. The highest BCUT2D eigenvalue weighted by atomic mass is 79.9. The number of piperazine rings is 1. The highest BCUT2D eigenvalue weighted by Crippen LogP contribution is 2.32. The molecule has 1 saturated heterocycles. The summed E-state index contributed by atoms with van der Waals surface area (Å²) in [5.74, 6) is 2.72. The number of hydrogen-bond acceptors (Lipinski definition) is 3. The van der Waals surface area contributed by atoms with Crippen molar-refractivity contribution in [2.24, 2.45) is 0 Å². The van der Waals surface area contributed by atoms with Crippen molar-refractivity contribution in [1.82, 2.24) is 9.80 Å². The molecule has 1 amide bonds. The molecule has 1 aromatic heterocycles. The Morgan fingerprint density at radius 3 is 2.56 bits per heavy atom. The van der Waals surface area contributed by atoms with Crippen LogP contribution in [-0.2, 0) is 0 Å². The van der Waals surface area contributed by atoms with E-state index in [1.807, 2.05) is 11.0 Å². The van der Waals surface area contributed by atoms with Gasteiger partial charge in [0.25, 0.3) is 5.91 Å². The molecule has 6 heteroatoms. The molecule has 1 aliphatic rings. The maximum atomic E-state index is 12.3. The summed E-state index contributed by atoms with van der Waals surface area (Å²) in [5.41, 5.74) is 0.734. The predicted octanol–water partition coefficient (Wildman–Crippen LogP) is 2.66.